The van der Waals surface area contributed by atoms with Crippen LogP contribution in [-0.2, 0) is 0 Å². The predicted octanol–water partition coefficient (Wildman–Crippen LogP) is 2.63. The summed E-state index contributed by atoms with van der Waals surface area (Å²) in [6.45, 7) is 3.54. The molecule has 0 N–H and O–H groups in total. The lowest BCUT2D eigenvalue weighted by Crippen LogP contribution is -1.73. The lowest BCUT2D eigenvalue weighted by atomic mass is 10.2. The van der Waals surface area contributed by atoms with Crippen molar-refractivity contribution in [3.63, 3.8) is 0 Å². The first-order valence-electron chi connectivity index (χ1n) is 2.61. The first-order chi connectivity index (χ1) is 4.33. The highest BCUT2D eigenvalue weighted by molar-refractivity contribution is 14.1. The van der Waals surface area contributed by atoms with Crippen LogP contribution in [0.1, 0.15) is 5.56 Å². The van der Waals surface area contributed by atoms with Gasteiger partial charge in [-0.25, -0.2) is 0 Å². The molecule has 0 spiro atoms. The molecule has 0 heterocycles. The smallest absolute Gasteiger partial charge is 0.0136 e. The van der Waals surface area contributed by atoms with Gasteiger partial charge in [-0.3, -0.25) is 0 Å². The van der Waals surface area contributed by atoms with E-state index in [-0.39, 0.29) is 0 Å². The fourth-order valence-electron chi connectivity index (χ4n) is 0.598. The van der Waals surface area contributed by atoms with E-state index in [4.69, 9.17) is 0 Å². The number of rotatable bonds is 1. The van der Waals surface area contributed by atoms with E-state index in [0.29, 0.717) is 0 Å². The first kappa shape index (κ1) is 6.81. The Bertz CT molecular complexity index is 216. The van der Waals surface area contributed by atoms with Crippen molar-refractivity contribution in [3.05, 3.63) is 46.1 Å². The van der Waals surface area contributed by atoms with Gasteiger partial charge in [-0.2, -0.15) is 0 Å². The molecule has 0 atom stereocenters. The summed E-state index contributed by atoms with van der Waals surface area (Å²) in [6, 6.07) is 8.05. The monoisotopic (exact) mass is 229 g/mol. The fraction of sp³-hybridized carbons (Fsp3) is 0. The zero-order valence-electron chi connectivity index (χ0n) is 4.89. The van der Waals surface area contributed by atoms with Gasteiger partial charge >= 0.3 is 0 Å². The summed E-state index contributed by atoms with van der Waals surface area (Å²) < 4.78 is 1.22. The van der Waals surface area contributed by atoms with E-state index in [2.05, 4.69) is 35.2 Å². The SMILES string of the molecule is C=[C]c1cccc(I)c1. The molecule has 1 radical (unpaired) electrons. The summed E-state index contributed by atoms with van der Waals surface area (Å²) in [5.41, 5.74) is 1.06. The van der Waals surface area contributed by atoms with Gasteiger partial charge in [-0.15, -0.1) is 0 Å². The van der Waals surface area contributed by atoms with E-state index in [1.165, 1.54) is 3.57 Å². The lowest BCUT2D eigenvalue weighted by Gasteiger charge is -1.90. The molecule has 0 saturated carbocycles. The maximum atomic E-state index is 3.54. The highest BCUT2D eigenvalue weighted by atomic mass is 127. The van der Waals surface area contributed by atoms with Gasteiger partial charge in [0.05, 0.1) is 0 Å². The second-order valence-electron chi connectivity index (χ2n) is 1.69. The Morgan fingerprint density at radius 2 is 2.22 bits per heavy atom. The van der Waals surface area contributed by atoms with Crippen molar-refractivity contribution < 1.29 is 0 Å². The fourth-order valence-corrected chi connectivity index (χ4v) is 1.14. The van der Waals surface area contributed by atoms with E-state index in [0.717, 1.165) is 5.56 Å². The van der Waals surface area contributed by atoms with Crippen LogP contribution in [-0.4, -0.2) is 0 Å². The standard InChI is InChI=1S/C8H6I/c1-2-7-4-3-5-8(9)6-7/h3-6H,1H2. The third-order valence-electron chi connectivity index (χ3n) is 1.03. The van der Waals surface area contributed by atoms with Gasteiger partial charge < -0.3 is 0 Å². The van der Waals surface area contributed by atoms with Crippen molar-refractivity contribution >= 4 is 22.6 Å². The van der Waals surface area contributed by atoms with Crippen molar-refractivity contribution in [3.8, 4) is 0 Å². The summed E-state index contributed by atoms with van der Waals surface area (Å²) in [6.07, 6.45) is 2.81. The summed E-state index contributed by atoms with van der Waals surface area (Å²) in [5, 5.41) is 0. The van der Waals surface area contributed by atoms with Gasteiger partial charge in [0.2, 0.25) is 0 Å². The predicted molar refractivity (Wildman–Crippen MR) is 47.1 cm³/mol. The molecular formula is C8H6I. The zero-order valence-corrected chi connectivity index (χ0v) is 7.05. The van der Waals surface area contributed by atoms with Gasteiger partial charge in [0.25, 0.3) is 0 Å². The molecule has 0 nitrogen and oxygen atoms in total. The van der Waals surface area contributed by atoms with Crippen LogP contribution in [0.15, 0.2) is 30.8 Å². The molecule has 0 fully saturated rings. The molecule has 1 rings (SSSR count). The van der Waals surface area contributed by atoms with Crippen molar-refractivity contribution in [1.82, 2.24) is 0 Å². The zero-order chi connectivity index (χ0) is 6.69. The minimum absolute atomic E-state index is 1.06. The Labute approximate surface area is 68.7 Å². The highest BCUT2D eigenvalue weighted by Gasteiger charge is 1.85. The van der Waals surface area contributed by atoms with Crippen LogP contribution in [0.5, 0.6) is 0 Å². The second-order valence-corrected chi connectivity index (χ2v) is 2.93. The number of benzene rings is 1. The lowest BCUT2D eigenvalue weighted by molar-refractivity contribution is 1.55. The van der Waals surface area contributed by atoms with Gasteiger partial charge in [0, 0.05) is 3.57 Å². The Hall–Kier alpha value is -0.310. The van der Waals surface area contributed by atoms with Gasteiger partial charge in [0.1, 0.15) is 0 Å². The third kappa shape index (κ3) is 1.82. The molecule has 0 aliphatic rings. The van der Waals surface area contributed by atoms with E-state index < -0.39 is 0 Å². The van der Waals surface area contributed by atoms with Crippen molar-refractivity contribution in [2.24, 2.45) is 0 Å². The molecule has 1 aromatic rings. The summed E-state index contributed by atoms with van der Waals surface area (Å²) >= 11 is 2.26. The van der Waals surface area contributed by atoms with Crippen molar-refractivity contribution in [2.45, 2.75) is 0 Å². The van der Waals surface area contributed by atoms with Crippen LogP contribution in [0.3, 0.4) is 0 Å². The molecule has 0 amide bonds. The van der Waals surface area contributed by atoms with Gasteiger partial charge in [0.15, 0.2) is 0 Å². The van der Waals surface area contributed by atoms with Crippen molar-refractivity contribution in [1.29, 1.82) is 0 Å². The third-order valence-corrected chi connectivity index (χ3v) is 1.70. The summed E-state index contributed by atoms with van der Waals surface area (Å²) in [7, 11) is 0. The average Bonchev–Trinajstić information content (AvgIpc) is 1.88. The van der Waals surface area contributed by atoms with Crippen molar-refractivity contribution in [2.75, 3.05) is 0 Å². The summed E-state index contributed by atoms with van der Waals surface area (Å²) in [5.74, 6) is 0. The maximum absolute atomic E-state index is 3.54. The molecule has 0 aliphatic heterocycles. The van der Waals surface area contributed by atoms with Gasteiger partial charge in [-0.1, -0.05) is 18.7 Å². The molecule has 0 aliphatic carbocycles. The highest BCUT2D eigenvalue weighted by Crippen LogP contribution is 2.06. The van der Waals surface area contributed by atoms with Crippen LogP contribution < -0.4 is 0 Å². The minimum atomic E-state index is 1.06. The van der Waals surface area contributed by atoms with E-state index in [1.807, 2.05) is 24.3 Å². The number of hydrogen-bond acceptors (Lipinski definition) is 0. The van der Waals surface area contributed by atoms with Crippen LogP contribution in [0, 0.1) is 9.65 Å². The number of halogens is 1. The molecule has 45 valence electrons. The molecule has 0 unspecified atom stereocenters. The molecule has 0 aromatic heterocycles. The normalized spacial score (nSPS) is 9.00. The maximum Gasteiger partial charge on any atom is 0.0136 e. The van der Waals surface area contributed by atoms with E-state index in [1.54, 1.807) is 0 Å². The van der Waals surface area contributed by atoms with Crippen LogP contribution in [0.2, 0.25) is 0 Å². The van der Waals surface area contributed by atoms with Crippen LogP contribution in [0.25, 0.3) is 0 Å². The molecule has 1 aromatic carbocycles. The molecule has 9 heavy (non-hydrogen) atoms. The van der Waals surface area contributed by atoms with E-state index >= 15 is 0 Å². The Morgan fingerprint density at radius 1 is 1.44 bits per heavy atom. The number of hydrogen-bond donors (Lipinski definition) is 0. The Kier molecular flexibility index (Phi) is 2.28. The largest absolute Gasteiger partial charge is 0.0906 e. The molecular weight excluding hydrogens is 223 g/mol. The molecule has 0 saturated heterocycles. The van der Waals surface area contributed by atoms with E-state index in [9.17, 15) is 0 Å². The van der Waals surface area contributed by atoms with Crippen LogP contribution in [0.4, 0.5) is 0 Å². The quantitative estimate of drug-likeness (QED) is 0.649. The Balaban J connectivity index is 3.07. The second kappa shape index (κ2) is 3.01. The summed E-state index contributed by atoms with van der Waals surface area (Å²) in [4.78, 5) is 0. The molecule has 1 heteroatoms. The minimum Gasteiger partial charge on any atom is -0.0906 e. The molecule has 0 bridgehead atoms. The van der Waals surface area contributed by atoms with Gasteiger partial charge in [-0.05, 0) is 46.4 Å². The van der Waals surface area contributed by atoms with Crippen LogP contribution >= 0.6 is 22.6 Å². The average molecular weight is 229 g/mol. The first-order valence-corrected chi connectivity index (χ1v) is 3.69. The topological polar surface area (TPSA) is 0 Å². The Morgan fingerprint density at radius 3 is 2.67 bits per heavy atom.